The molecule has 0 spiro atoms. The summed E-state index contributed by atoms with van der Waals surface area (Å²) >= 11 is 2.84. The van der Waals surface area contributed by atoms with Crippen molar-refractivity contribution in [2.24, 2.45) is 0 Å². The number of carbonyl (C=O) groups is 1. The molecule has 27 heavy (non-hydrogen) atoms. The average Bonchev–Trinajstić information content (AvgIpc) is 3.18. The van der Waals surface area contributed by atoms with Gasteiger partial charge in [-0.25, -0.2) is 0 Å². The Bertz CT molecular complexity index is 806. The first-order valence-corrected chi connectivity index (χ1v) is 12.3. The van der Waals surface area contributed by atoms with E-state index < -0.39 is 24.3 Å². The van der Waals surface area contributed by atoms with Gasteiger partial charge in [-0.2, -0.15) is 0 Å². The Balaban J connectivity index is 1.71. The first-order chi connectivity index (χ1) is 12.9. The van der Waals surface area contributed by atoms with E-state index >= 15 is 0 Å². The van der Waals surface area contributed by atoms with Gasteiger partial charge in [0.15, 0.2) is 0 Å². The maximum atomic E-state index is 11.4. The molecule has 1 saturated heterocycles. The second-order valence-corrected chi connectivity index (χ2v) is 9.53. The van der Waals surface area contributed by atoms with Crippen molar-refractivity contribution in [2.75, 3.05) is 12.3 Å². The fourth-order valence-corrected chi connectivity index (χ4v) is 4.66. The van der Waals surface area contributed by atoms with Gasteiger partial charge in [0.1, 0.15) is 0 Å². The van der Waals surface area contributed by atoms with E-state index in [0.717, 1.165) is 5.32 Å². The number of anilines is 1. The van der Waals surface area contributed by atoms with E-state index in [1.165, 1.54) is 12.7 Å². The predicted octanol–water partition coefficient (Wildman–Crippen LogP) is -1.04. The van der Waals surface area contributed by atoms with Crippen LogP contribution in [-0.2, 0) is 9.53 Å². The number of rotatable bonds is 8. The summed E-state index contributed by atoms with van der Waals surface area (Å²) in [7, 11) is 0. The third kappa shape index (κ3) is 4.27. The van der Waals surface area contributed by atoms with Crippen molar-refractivity contribution in [3.63, 3.8) is 0 Å². The third-order valence-corrected chi connectivity index (χ3v) is 7.16. The predicted molar refractivity (Wildman–Crippen MR) is 101 cm³/mol. The van der Waals surface area contributed by atoms with E-state index in [9.17, 15) is 15.0 Å². The first-order valence-electron chi connectivity index (χ1n) is 8.33. The number of carboxylic acid groups (broad SMARTS) is 1. The monoisotopic (exact) mass is 510 g/mol. The zero-order valence-corrected chi connectivity index (χ0v) is 18.2. The third-order valence-electron chi connectivity index (χ3n) is 4.47. The number of nitrogens with zero attached hydrogens (tertiary/aromatic N) is 4. The van der Waals surface area contributed by atoms with Gasteiger partial charge in [-0.3, -0.25) is 0 Å². The normalized spacial score (nSPS) is 26.5. The molecule has 0 aliphatic carbocycles. The molecule has 12 heteroatoms. The molecule has 1 aliphatic rings. The van der Waals surface area contributed by atoms with E-state index in [2.05, 4.69) is 42.1 Å². The molecule has 3 heterocycles. The van der Waals surface area contributed by atoms with Crippen LogP contribution in [0.3, 0.4) is 0 Å². The summed E-state index contributed by atoms with van der Waals surface area (Å²) in [6, 6.07) is -0.618. The van der Waals surface area contributed by atoms with Crippen LogP contribution in [-0.4, -0.2) is 91.5 Å². The standard InChI is InChI=1S/C15H22N6O4Se2/c1-27-3-2-7(15(23)24)17-4-8-11(26)10(22)14(25-8)21-6-20-9-12(16)18-5-19-13(9)21/h5-8,10-11,14,17,22,26H,2-4H2,1H3,(H,23,24)(H2,16,18,19)/t7-,8+,10+,11+,14+/m0/s1. The summed E-state index contributed by atoms with van der Waals surface area (Å²) in [5.74, 6) is 1.47. The molecule has 2 aromatic rings. The number of ether oxygens (including phenoxy) is 1. The number of nitrogens with one attached hydrogen (secondary N) is 1. The van der Waals surface area contributed by atoms with Gasteiger partial charge in [0.2, 0.25) is 0 Å². The Morgan fingerprint density at radius 2 is 2.30 bits per heavy atom. The number of hydrogen-bond acceptors (Lipinski definition) is 8. The first kappa shape index (κ1) is 20.5. The molecule has 2 aromatic heterocycles. The maximum absolute atomic E-state index is 11.4. The van der Waals surface area contributed by atoms with Crippen LogP contribution < -0.4 is 11.1 Å². The molecule has 1 fully saturated rings. The van der Waals surface area contributed by atoms with E-state index in [0.29, 0.717) is 39.1 Å². The average molecular weight is 508 g/mol. The van der Waals surface area contributed by atoms with E-state index in [-0.39, 0.29) is 16.7 Å². The molecule has 5 N–H and O–H groups in total. The molecule has 0 bridgehead atoms. The quantitative estimate of drug-likeness (QED) is 0.328. The summed E-state index contributed by atoms with van der Waals surface area (Å²) in [6.45, 7) is 0.324. The number of fused-ring (bicyclic) bond motifs is 1. The van der Waals surface area contributed by atoms with Crippen LogP contribution in [0.4, 0.5) is 5.82 Å². The fraction of sp³-hybridized carbons (Fsp3) is 0.600. The summed E-state index contributed by atoms with van der Waals surface area (Å²) in [5.41, 5.74) is 6.74. The summed E-state index contributed by atoms with van der Waals surface area (Å²) in [4.78, 5) is 23.4. The Morgan fingerprint density at radius 1 is 1.52 bits per heavy atom. The van der Waals surface area contributed by atoms with E-state index in [1.807, 2.05) is 0 Å². The molecule has 1 aliphatic heterocycles. The van der Waals surface area contributed by atoms with Gasteiger partial charge in [-0.05, 0) is 0 Å². The van der Waals surface area contributed by atoms with Gasteiger partial charge in [0.05, 0.1) is 0 Å². The van der Waals surface area contributed by atoms with Crippen molar-refractivity contribution in [3.05, 3.63) is 12.7 Å². The number of aromatic nitrogens is 4. The van der Waals surface area contributed by atoms with Crippen LogP contribution in [0.5, 0.6) is 0 Å². The van der Waals surface area contributed by atoms with Crippen molar-refractivity contribution in [2.45, 2.75) is 46.9 Å². The zero-order chi connectivity index (χ0) is 19.6. The van der Waals surface area contributed by atoms with Crippen LogP contribution in [0.2, 0.25) is 16.0 Å². The summed E-state index contributed by atoms with van der Waals surface area (Å²) in [5, 5.41) is 23.9. The Hall–Kier alpha value is -1.26. The number of aliphatic carboxylic acids is 1. The molecular weight excluding hydrogens is 486 g/mol. The fourth-order valence-electron chi connectivity index (χ4n) is 2.99. The topological polar surface area (TPSA) is 148 Å². The summed E-state index contributed by atoms with van der Waals surface area (Å²) in [6.07, 6.45) is 1.57. The number of aliphatic hydroxyl groups excluding tert-OH is 1. The molecule has 3 rings (SSSR count). The molecule has 10 nitrogen and oxygen atoms in total. The Labute approximate surface area is 170 Å². The number of aliphatic hydroxyl groups is 1. The summed E-state index contributed by atoms with van der Waals surface area (Å²) < 4.78 is 7.65. The Kier molecular flexibility index (Phi) is 6.69. The molecule has 5 atom stereocenters. The SMILES string of the molecule is C[Se]CC[C@H](NC[C@H]1O[C@@H](n2cnc3c(N)ncnc32)[C@H](O)[C@@H]1[SeH])C(=O)O. The minimum atomic E-state index is -0.871. The molecule has 0 saturated carbocycles. The zero-order valence-electron chi connectivity index (χ0n) is 14.6. The molecule has 148 valence electrons. The van der Waals surface area contributed by atoms with Crippen molar-refractivity contribution >= 4 is 53.9 Å². The molecule has 0 aromatic carbocycles. The van der Waals surface area contributed by atoms with Crippen LogP contribution in [0.15, 0.2) is 12.7 Å². The Morgan fingerprint density at radius 3 is 3.00 bits per heavy atom. The van der Waals surface area contributed by atoms with Crippen molar-refractivity contribution in [3.8, 4) is 0 Å². The van der Waals surface area contributed by atoms with Gasteiger partial charge in [0.25, 0.3) is 0 Å². The number of carboxylic acids is 1. The molecule has 0 amide bonds. The van der Waals surface area contributed by atoms with Crippen molar-refractivity contribution in [1.29, 1.82) is 0 Å². The van der Waals surface area contributed by atoms with Gasteiger partial charge in [0, 0.05) is 0 Å². The number of hydrogen-bond donors (Lipinski definition) is 4. The van der Waals surface area contributed by atoms with Gasteiger partial charge in [-0.1, -0.05) is 0 Å². The second kappa shape index (κ2) is 8.83. The van der Waals surface area contributed by atoms with E-state index in [4.69, 9.17) is 10.5 Å². The molecule has 0 unspecified atom stereocenters. The van der Waals surface area contributed by atoms with Gasteiger partial charge >= 0.3 is 170 Å². The minimum absolute atomic E-state index is 0.253. The number of imidazole rings is 1. The van der Waals surface area contributed by atoms with Crippen molar-refractivity contribution in [1.82, 2.24) is 24.8 Å². The number of nitrogens with two attached hydrogens (primary N) is 1. The molecule has 0 radical (unpaired) electrons. The molecular formula is C15H22N6O4Se2. The van der Waals surface area contributed by atoms with E-state index in [1.54, 1.807) is 4.57 Å². The number of nitrogen functional groups attached to an aromatic ring is 1. The van der Waals surface area contributed by atoms with Crippen LogP contribution in [0, 0.1) is 0 Å². The van der Waals surface area contributed by atoms with Crippen LogP contribution in [0.25, 0.3) is 11.2 Å². The second-order valence-electron chi connectivity index (χ2n) is 6.21. The van der Waals surface area contributed by atoms with Gasteiger partial charge in [-0.15, -0.1) is 0 Å². The van der Waals surface area contributed by atoms with Crippen LogP contribution in [0.1, 0.15) is 12.6 Å². The van der Waals surface area contributed by atoms with Crippen LogP contribution >= 0.6 is 0 Å². The van der Waals surface area contributed by atoms with Gasteiger partial charge < -0.3 is 0 Å². The van der Waals surface area contributed by atoms with Crippen molar-refractivity contribution < 1.29 is 19.7 Å².